The van der Waals surface area contributed by atoms with Crippen LogP contribution in [0.1, 0.15) is 18.4 Å². The first-order valence-electron chi connectivity index (χ1n) is 10.3. The molecule has 0 saturated carbocycles. The number of aromatic nitrogens is 2. The number of benzene rings is 1. The van der Waals surface area contributed by atoms with Gasteiger partial charge in [-0.1, -0.05) is 0 Å². The average molecular weight is 441 g/mol. The summed E-state index contributed by atoms with van der Waals surface area (Å²) in [7, 11) is -3.63. The van der Waals surface area contributed by atoms with Gasteiger partial charge < -0.3 is 9.80 Å². The summed E-state index contributed by atoms with van der Waals surface area (Å²) in [5.41, 5.74) is 0.417. The van der Waals surface area contributed by atoms with Crippen molar-refractivity contribution in [2.24, 2.45) is 5.92 Å². The summed E-state index contributed by atoms with van der Waals surface area (Å²) in [5, 5.41) is 8.89. The van der Waals surface area contributed by atoms with Crippen molar-refractivity contribution in [3.63, 3.8) is 0 Å². The number of amides is 1. The van der Waals surface area contributed by atoms with Crippen LogP contribution in [0.3, 0.4) is 0 Å². The Morgan fingerprint density at radius 1 is 1.00 bits per heavy atom. The zero-order valence-corrected chi connectivity index (χ0v) is 17.9. The summed E-state index contributed by atoms with van der Waals surface area (Å²) in [5.74, 6) is 0.944. The Balaban J connectivity index is 1.31. The first-order valence-corrected chi connectivity index (χ1v) is 11.7. The molecule has 2 saturated heterocycles. The van der Waals surface area contributed by atoms with Gasteiger partial charge in [-0.3, -0.25) is 4.79 Å². The predicted molar refractivity (Wildman–Crippen MR) is 113 cm³/mol. The smallest absolute Gasteiger partial charge is 0.243 e. The van der Waals surface area contributed by atoms with E-state index in [4.69, 9.17) is 5.26 Å². The van der Waals surface area contributed by atoms with Crippen molar-refractivity contribution < 1.29 is 13.2 Å². The van der Waals surface area contributed by atoms with Crippen LogP contribution in [0, 0.1) is 17.2 Å². The fourth-order valence-corrected chi connectivity index (χ4v) is 5.51. The van der Waals surface area contributed by atoms with Crippen LogP contribution in [0.4, 0.5) is 5.82 Å². The van der Waals surface area contributed by atoms with Crippen molar-refractivity contribution in [1.29, 1.82) is 5.26 Å². The normalized spacial score (nSPS) is 18.5. The molecule has 0 N–H and O–H groups in total. The number of anilines is 1. The third-order valence-electron chi connectivity index (χ3n) is 5.91. The van der Waals surface area contributed by atoms with E-state index in [-0.39, 0.29) is 29.8 Å². The molecule has 10 heteroatoms. The van der Waals surface area contributed by atoms with Crippen molar-refractivity contribution in [2.75, 3.05) is 44.2 Å². The van der Waals surface area contributed by atoms with Gasteiger partial charge in [0.15, 0.2) is 0 Å². The average Bonchev–Trinajstić information content (AvgIpc) is 2.84. The second-order valence-corrected chi connectivity index (χ2v) is 9.63. The highest BCUT2D eigenvalue weighted by molar-refractivity contribution is 7.89. The third-order valence-corrected chi connectivity index (χ3v) is 7.82. The molecule has 162 valence electrons. The lowest BCUT2D eigenvalue weighted by molar-refractivity contribution is -0.137. The van der Waals surface area contributed by atoms with E-state index in [1.165, 1.54) is 34.9 Å². The monoisotopic (exact) mass is 440 g/mol. The molecule has 31 heavy (non-hydrogen) atoms. The maximum absolute atomic E-state index is 13.0. The zero-order valence-electron chi connectivity index (χ0n) is 17.1. The minimum atomic E-state index is -3.63. The molecule has 0 bridgehead atoms. The van der Waals surface area contributed by atoms with E-state index in [0.717, 1.165) is 31.7 Å². The van der Waals surface area contributed by atoms with Gasteiger partial charge in [0, 0.05) is 51.4 Å². The highest BCUT2D eigenvalue weighted by Gasteiger charge is 2.34. The maximum Gasteiger partial charge on any atom is 0.243 e. The SMILES string of the molecule is N#Cc1ccc(S(=O)(=O)N2CCN(C(=O)C3CCN(c4ccncn4)CC3)CC2)cc1. The molecule has 3 heterocycles. The van der Waals surface area contributed by atoms with Crippen LogP contribution in [-0.4, -0.2) is 72.8 Å². The molecule has 2 aromatic rings. The minimum Gasteiger partial charge on any atom is -0.356 e. The summed E-state index contributed by atoms with van der Waals surface area (Å²) < 4.78 is 27.1. The topological polar surface area (TPSA) is 110 Å². The third kappa shape index (κ3) is 4.52. The first kappa shape index (κ1) is 21.2. The lowest BCUT2D eigenvalue weighted by Crippen LogP contribution is -2.52. The molecule has 0 unspecified atom stereocenters. The van der Waals surface area contributed by atoms with Gasteiger partial charge in [-0.25, -0.2) is 18.4 Å². The van der Waals surface area contributed by atoms with Crippen molar-refractivity contribution in [3.8, 4) is 6.07 Å². The molecule has 2 fully saturated rings. The molecule has 4 rings (SSSR count). The Labute approximate surface area is 182 Å². The van der Waals surface area contributed by atoms with Crippen molar-refractivity contribution in [3.05, 3.63) is 48.4 Å². The minimum absolute atomic E-state index is 0.0419. The van der Waals surface area contributed by atoms with Gasteiger partial charge >= 0.3 is 0 Å². The van der Waals surface area contributed by atoms with E-state index >= 15 is 0 Å². The number of rotatable bonds is 4. The summed E-state index contributed by atoms with van der Waals surface area (Å²) in [6.45, 7) is 2.85. The lowest BCUT2D eigenvalue weighted by Gasteiger charge is -2.38. The van der Waals surface area contributed by atoms with E-state index in [2.05, 4.69) is 14.9 Å². The van der Waals surface area contributed by atoms with Crippen LogP contribution < -0.4 is 4.90 Å². The molecule has 2 aliphatic heterocycles. The molecule has 9 nitrogen and oxygen atoms in total. The zero-order chi connectivity index (χ0) is 21.8. The molecular weight excluding hydrogens is 416 g/mol. The van der Waals surface area contributed by atoms with E-state index < -0.39 is 10.0 Å². The van der Waals surface area contributed by atoms with Gasteiger partial charge in [0.2, 0.25) is 15.9 Å². The van der Waals surface area contributed by atoms with Gasteiger partial charge in [0.25, 0.3) is 0 Å². The molecular formula is C21H24N6O3S. The number of carbonyl (C=O) groups is 1. The predicted octanol–water partition coefficient (Wildman–Crippen LogP) is 1.10. The van der Waals surface area contributed by atoms with Crippen molar-refractivity contribution in [2.45, 2.75) is 17.7 Å². The number of carbonyl (C=O) groups excluding carboxylic acids is 1. The maximum atomic E-state index is 13.0. The fourth-order valence-electron chi connectivity index (χ4n) is 4.08. The molecule has 2 aliphatic rings. The first-order chi connectivity index (χ1) is 15.0. The van der Waals surface area contributed by atoms with Crippen LogP contribution in [0.15, 0.2) is 47.8 Å². The van der Waals surface area contributed by atoms with Crippen LogP contribution in [0.5, 0.6) is 0 Å². The van der Waals surface area contributed by atoms with E-state index in [1.807, 2.05) is 12.1 Å². The van der Waals surface area contributed by atoms with Crippen LogP contribution >= 0.6 is 0 Å². The highest BCUT2D eigenvalue weighted by atomic mass is 32.2. The highest BCUT2D eigenvalue weighted by Crippen LogP contribution is 2.24. The molecule has 1 amide bonds. The Morgan fingerprint density at radius 3 is 2.26 bits per heavy atom. The van der Waals surface area contributed by atoms with Crippen LogP contribution in [0.2, 0.25) is 0 Å². The molecule has 0 spiro atoms. The van der Waals surface area contributed by atoms with Crippen molar-refractivity contribution in [1.82, 2.24) is 19.2 Å². The van der Waals surface area contributed by atoms with Gasteiger partial charge in [0.05, 0.1) is 16.5 Å². The van der Waals surface area contributed by atoms with E-state index in [1.54, 1.807) is 11.1 Å². The molecule has 0 atom stereocenters. The largest absolute Gasteiger partial charge is 0.356 e. The van der Waals surface area contributed by atoms with E-state index in [9.17, 15) is 13.2 Å². The number of hydrogen-bond donors (Lipinski definition) is 0. The van der Waals surface area contributed by atoms with E-state index in [0.29, 0.717) is 18.7 Å². The molecule has 1 aromatic heterocycles. The van der Waals surface area contributed by atoms with Gasteiger partial charge in [-0.2, -0.15) is 9.57 Å². The number of hydrogen-bond acceptors (Lipinski definition) is 7. The fraction of sp³-hybridized carbons (Fsp3) is 0.429. The second-order valence-electron chi connectivity index (χ2n) is 7.69. The second kappa shape index (κ2) is 8.99. The molecule has 0 aliphatic carbocycles. The molecule has 1 aromatic carbocycles. The quantitative estimate of drug-likeness (QED) is 0.700. The summed E-state index contributed by atoms with van der Waals surface area (Å²) in [4.78, 5) is 25.3. The number of piperazine rings is 1. The van der Waals surface area contributed by atoms with Gasteiger partial charge in [-0.15, -0.1) is 0 Å². The van der Waals surface area contributed by atoms with Crippen molar-refractivity contribution >= 4 is 21.7 Å². The lowest BCUT2D eigenvalue weighted by atomic mass is 9.95. The number of piperidine rings is 1. The van der Waals surface area contributed by atoms with Crippen LogP contribution in [-0.2, 0) is 14.8 Å². The Kier molecular flexibility index (Phi) is 6.15. The van der Waals surface area contributed by atoms with Crippen LogP contribution in [0.25, 0.3) is 0 Å². The Hall–Kier alpha value is -3.03. The molecule has 0 radical (unpaired) electrons. The summed E-state index contributed by atoms with van der Waals surface area (Å²) >= 11 is 0. The number of nitriles is 1. The Morgan fingerprint density at radius 2 is 1.68 bits per heavy atom. The van der Waals surface area contributed by atoms with Gasteiger partial charge in [-0.05, 0) is 43.2 Å². The van der Waals surface area contributed by atoms with Gasteiger partial charge in [0.1, 0.15) is 12.1 Å². The summed E-state index contributed by atoms with van der Waals surface area (Å²) in [6.07, 6.45) is 4.75. The standard InChI is InChI=1S/C21H24N6O3S/c22-15-17-1-3-19(4-2-17)31(29,30)27-13-11-26(12-14-27)21(28)18-6-9-25(10-7-18)20-5-8-23-16-24-20/h1-5,8,16,18H,6-7,9-14H2. The Bertz CT molecular complexity index is 1050. The number of nitrogens with zero attached hydrogens (tertiary/aromatic N) is 6. The number of sulfonamides is 1. The summed E-state index contributed by atoms with van der Waals surface area (Å²) in [6, 6.07) is 9.77.